The number of carboxylic acid groups (broad SMARTS) is 1. The molecule has 0 bridgehead atoms. The highest BCUT2D eigenvalue weighted by molar-refractivity contribution is 5.84. The number of aliphatic hydroxyl groups is 1. The number of aliphatic hydroxyl groups excluding tert-OH is 1. The number of carbonyl (C=O) groups is 2. The number of ether oxygens (including phenoxy) is 1. The minimum absolute atomic E-state index is 0.236. The molecule has 1 amide bonds. The molecule has 100 valence electrons. The molecular weight excluding hydrogens is 247 g/mol. The number of amides is 1. The number of alkyl halides is 3. The molecule has 0 unspecified atom stereocenters. The van der Waals surface area contributed by atoms with Crippen LogP contribution in [0, 0.1) is 0 Å². The molecule has 0 rings (SSSR count). The first-order chi connectivity index (χ1) is 7.76. The Morgan fingerprint density at radius 1 is 1.35 bits per heavy atom. The second-order valence-corrected chi connectivity index (χ2v) is 3.08. The predicted octanol–water partition coefficient (Wildman–Crippen LogP) is -0.483. The van der Waals surface area contributed by atoms with Crippen molar-refractivity contribution in [1.29, 1.82) is 0 Å². The molecular formula is C8H12F3NO5. The molecule has 0 aromatic rings. The maximum absolute atomic E-state index is 11.6. The van der Waals surface area contributed by atoms with Gasteiger partial charge in [-0.1, -0.05) is 0 Å². The minimum atomic E-state index is -4.54. The third-order valence-electron chi connectivity index (χ3n) is 1.55. The lowest BCUT2D eigenvalue weighted by atomic mass is 10.2. The fraction of sp³-hybridized carbons (Fsp3) is 0.750. The highest BCUT2D eigenvalue weighted by Gasteiger charge is 2.28. The summed E-state index contributed by atoms with van der Waals surface area (Å²) >= 11 is 0. The summed E-state index contributed by atoms with van der Waals surface area (Å²) in [7, 11) is 0. The quantitative estimate of drug-likeness (QED) is 0.573. The topological polar surface area (TPSA) is 95.9 Å². The molecule has 9 heteroatoms. The van der Waals surface area contributed by atoms with Gasteiger partial charge in [-0.2, -0.15) is 13.2 Å². The van der Waals surface area contributed by atoms with Crippen molar-refractivity contribution in [3.05, 3.63) is 0 Å². The second kappa shape index (κ2) is 7.07. The lowest BCUT2D eigenvalue weighted by molar-refractivity contribution is -0.176. The van der Waals surface area contributed by atoms with Crippen LogP contribution in [0.2, 0.25) is 0 Å². The number of halogens is 3. The molecule has 6 nitrogen and oxygen atoms in total. The molecule has 0 aromatic heterocycles. The summed E-state index contributed by atoms with van der Waals surface area (Å²) in [4.78, 5) is 21.5. The van der Waals surface area contributed by atoms with E-state index in [0.29, 0.717) is 0 Å². The van der Waals surface area contributed by atoms with E-state index < -0.39 is 43.9 Å². The number of aliphatic carboxylic acids is 1. The van der Waals surface area contributed by atoms with Gasteiger partial charge in [0.2, 0.25) is 5.91 Å². The van der Waals surface area contributed by atoms with E-state index in [2.05, 4.69) is 4.74 Å². The minimum Gasteiger partial charge on any atom is -0.480 e. The van der Waals surface area contributed by atoms with E-state index in [1.54, 1.807) is 0 Å². The van der Waals surface area contributed by atoms with Gasteiger partial charge in [0.05, 0.1) is 0 Å². The van der Waals surface area contributed by atoms with Gasteiger partial charge in [0.25, 0.3) is 0 Å². The number of hydrogen-bond acceptors (Lipinski definition) is 4. The molecule has 0 aliphatic heterocycles. The van der Waals surface area contributed by atoms with E-state index in [4.69, 9.17) is 10.2 Å². The van der Waals surface area contributed by atoms with E-state index in [9.17, 15) is 22.8 Å². The Morgan fingerprint density at radius 2 is 1.94 bits per heavy atom. The van der Waals surface area contributed by atoms with Crippen molar-refractivity contribution in [3.63, 3.8) is 0 Å². The van der Waals surface area contributed by atoms with Crippen LogP contribution in [0.4, 0.5) is 13.2 Å². The Kier molecular flexibility index (Phi) is 6.51. The Balaban J connectivity index is 3.95. The van der Waals surface area contributed by atoms with E-state index in [1.165, 1.54) is 0 Å². The van der Waals surface area contributed by atoms with Gasteiger partial charge in [0, 0.05) is 13.0 Å². The molecule has 3 N–H and O–H groups in total. The molecule has 0 saturated heterocycles. The smallest absolute Gasteiger partial charge is 0.411 e. The Bertz CT molecular complexity index is 268. The van der Waals surface area contributed by atoms with E-state index in [0.717, 1.165) is 0 Å². The SMILES string of the molecule is O=C(COCC(F)(F)F)N[C@@H](CCO)C(=O)O. The average molecular weight is 259 g/mol. The summed E-state index contributed by atoms with van der Waals surface area (Å²) in [5, 5.41) is 19.0. The van der Waals surface area contributed by atoms with Crippen molar-refractivity contribution >= 4 is 11.9 Å². The Labute approximate surface area is 94.4 Å². The fourth-order valence-corrected chi connectivity index (χ4v) is 0.882. The molecule has 0 aliphatic carbocycles. The van der Waals surface area contributed by atoms with Crippen LogP contribution in [0.25, 0.3) is 0 Å². The first-order valence-corrected chi connectivity index (χ1v) is 4.54. The van der Waals surface area contributed by atoms with Crippen molar-refractivity contribution in [3.8, 4) is 0 Å². The monoisotopic (exact) mass is 259 g/mol. The summed E-state index contributed by atoms with van der Waals surface area (Å²) in [6, 6.07) is -1.35. The summed E-state index contributed by atoms with van der Waals surface area (Å²) in [5.74, 6) is -2.38. The van der Waals surface area contributed by atoms with Crippen LogP contribution in [0.1, 0.15) is 6.42 Å². The molecule has 0 aromatic carbocycles. The van der Waals surface area contributed by atoms with Gasteiger partial charge in [-0.3, -0.25) is 4.79 Å². The predicted molar refractivity (Wildman–Crippen MR) is 48.1 cm³/mol. The third kappa shape index (κ3) is 8.46. The molecule has 0 aliphatic rings. The van der Waals surface area contributed by atoms with Crippen molar-refractivity contribution in [1.82, 2.24) is 5.32 Å². The van der Waals surface area contributed by atoms with Crippen molar-refractivity contribution in [2.75, 3.05) is 19.8 Å². The van der Waals surface area contributed by atoms with Gasteiger partial charge in [-0.05, 0) is 0 Å². The van der Waals surface area contributed by atoms with Gasteiger partial charge < -0.3 is 20.3 Å². The standard InChI is InChI=1S/C8H12F3NO5/c9-8(10,11)4-17-3-6(14)12-5(1-2-13)7(15)16/h5,13H,1-4H2,(H,12,14)(H,15,16)/t5-/m0/s1. The zero-order valence-electron chi connectivity index (χ0n) is 8.66. The average Bonchev–Trinajstić information content (AvgIpc) is 2.14. The normalized spacial score (nSPS) is 13.2. The summed E-state index contributed by atoms with van der Waals surface area (Å²) < 4.78 is 38.9. The van der Waals surface area contributed by atoms with Crippen LogP contribution in [0.3, 0.4) is 0 Å². The van der Waals surface area contributed by atoms with E-state index in [1.807, 2.05) is 5.32 Å². The first-order valence-electron chi connectivity index (χ1n) is 4.54. The van der Waals surface area contributed by atoms with Crippen LogP contribution in [0.15, 0.2) is 0 Å². The van der Waals surface area contributed by atoms with Crippen LogP contribution < -0.4 is 5.32 Å². The first kappa shape index (κ1) is 15.7. The van der Waals surface area contributed by atoms with E-state index >= 15 is 0 Å². The summed E-state index contributed by atoms with van der Waals surface area (Å²) in [5.41, 5.74) is 0. The zero-order chi connectivity index (χ0) is 13.5. The van der Waals surface area contributed by atoms with Crippen LogP contribution in [-0.4, -0.2) is 54.1 Å². The van der Waals surface area contributed by atoms with Gasteiger partial charge in [0.1, 0.15) is 19.3 Å². The lowest BCUT2D eigenvalue weighted by Crippen LogP contribution is -2.43. The lowest BCUT2D eigenvalue weighted by Gasteiger charge is -2.13. The van der Waals surface area contributed by atoms with Crippen molar-refractivity contribution in [2.24, 2.45) is 0 Å². The van der Waals surface area contributed by atoms with Gasteiger partial charge >= 0.3 is 12.1 Å². The molecule has 1 atom stereocenters. The van der Waals surface area contributed by atoms with E-state index in [-0.39, 0.29) is 6.42 Å². The van der Waals surface area contributed by atoms with Crippen LogP contribution in [0.5, 0.6) is 0 Å². The second-order valence-electron chi connectivity index (χ2n) is 3.08. The maximum Gasteiger partial charge on any atom is 0.411 e. The highest BCUT2D eigenvalue weighted by atomic mass is 19.4. The van der Waals surface area contributed by atoms with Crippen molar-refractivity contribution < 1.29 is 37.7 Å². The zero-order valence-corrected chi connectivity index (χ0v) is 8.66. The number of carboxylic acids is 1. The number of carbonyl (C=O) groups excluding carboxylic acids is 1. The third-order valence-corrected chi connectivity index (χ3v) is 1.55. The number of rotatable bonds is 7. The highest BCUT2D eigenvalue weighted by Crippen LogP contribution is 2.14. The Hall–Kier alpha value is -1.35. The van der Waals surface area contributed by atoms with Crippen LogP contribution >= 0.6 is 0 Å². The number of nitrogens with one attached hydrogen (secondary N) is 1. The van der Waals surface area contributed by atoms with Crippen LogP contribution in [-0.2, 0) is 14.3 Å². The molecule has 0 fully saturated rings. The number of hydrogen-bond donors (Lipinski definition) is 3. The molecule has 17 heavy (non-hydrogen) atoms. The molecule has 0 heterocycles. The summed E-state index contributed by atoms with van der Waals surface area (Å²) in [6.45, 7) is -2.95. The van der Waals surface area contributed by atoms with Gasteiger partial charge in [-0.15, -0.1) is 0 Å². The molecule has 0 radical (unpaired) electrons. The maximum atomic E-state index is 11.6. The van der Waals surface area contributed by atoms with Crippen molar-refractivity contribution in [2.45, 2.75) is 18.6 Å². The Morgan fingerprint density at radius 3 is 2.35 bits per heavy atom. The molecule has 0 spiro atoms. The molecule has 0 saturated carbocycles. The largest absolute Gasteiger partial charge is 0.480 e. The van der Waals surface area contributed by atoms with Gasteiger partial charge in [0.15, 0.2) is 0 Å². The summed E-state index contributed by atoms with van der Waals surface area (Å²) in [6.07, 6.45) is -4.78. The fourth-order valence-electron chi connectivity index (χ4n) is 0.882. The van der Waals surface area contributed by atoms with Gasteiger partial charge in [-0.25, -0.2) is 4.79 Å².